The summed E-state index contributed by atoms with van der Waals surface area (Å²) in [6.45, 7) is 6.60. The second-order valence-electron chi connectivity index (χ2n) is 7.05. The number of amides is 1. The highest BCUT2D eigenvalue weighted by Gasteiger charge is 2.27. The Balaban J connectivity index is 1.50. The van der Waals surface area contributed by atoms with E-state index in [1.54, 1.807) is 6.20 Å². The minimum Gasteiger partial charge on any atom is -0.353 e. The van der Waals surface area contributed by atoms with Crippen molar-refractivity contribution in [3.8, 4) is 5.69 Å². The van der Waals surface area contributed by atoms with E-state index in [4.69, 9.17) is 11.6 Å². The van der Waals surface area contributed by atoms with Crippen LogP contribution in [0.2, 0.25) is 5.02 Å². The van der Waals surface area contributed by atoms with E-state index in [0.717, 1.165) is 40.5 Å². The number of halogens is 2. The highest BCUT2D eigenvalue weighted by atomic mass is 79.9. The van der Waals surface area contributed by atoms with Crippen LogP contribution in [0, 0.1) is 13.8 Å². The largest absolute Gasteiger partial charge is 0.353 e. The highest BCUT2D eigenvalue weighted by molar-refractivity contribution is 9.10. The normalized spacial score (nSPS) is 14.3. The topological polar surface area (TPSA) is 54.3 Å². The van der Waals surface area contributed by atoms with E-state index in [0.29, 0.717) is 23.7 Å². The fourth-order valence-electron chi connectivity index (χ4n) is 3.64. The maximum atomic E-state index is 13.2. The second-order valence-corrected chi connectivity index (χ2v) is 8.40. The number of hydrogen-bond acceptors (Lipinski definition) is 4. The van der Waals surface area contributed by atoms with Crippen molar-refractivity contribution in [1.82, 2.24) is 19.7 Å². The van der Waals surface area contributed by atoms with Gasteiger partial charge in [-0.1, -0.05) is 27.5 Å². The number of aryl methyl sites for hydroxylation is 1. The van der Waals surface area contributed by atoms with Gasteiger partial charge in [-0.05, 0) is 50.2 Å². The monoisotopic (exact) mass is 473 g/mol. The maximum Gasteiger partial charge on any atom is 0.257 e. The summed E-state index contributed by atoms with van der Waals surface area (Å²) in [6.07, 6.45) is 1.65. The predicted octanol–water partition coefficient (Wildman–Crippen LogP) is 4.26. The summed E-state index contributed by atoms with van der Waals surface area (Å²) >= 11 is 9.37. The molecule has 4 rings (SSSR count). The van der Waals surface area contributed by atoms with Crippen molar-refractivity contribution in [2.45, 2.75) is 13.8 Å². The Morgan fingerprint density at radius 3 is 2.34 bits per heavy atom. The lowest BCUT2D eigenvalue weighted by Crippen LogP contribution is -2.49. The summed E-state index contributed by atoms with van der Waals surface area (Å²) in [5.41, 5.74) is 3.23. The number of piperazine rings is 1. The Bertz CT molecular complexity index is 1020. The fraction of sp³-hybridized carbons (Fsp3) is 0.286. The molecule has 3 heterocycles. The van der Waals surface area contributed by atoms with Crippen molar-refractivity contribution in [2.24, 2.45) is 0 Å². The van der Waals surface area contributed by atoms with Gasteiger partial charge >= 0.3 is 0 Å². The number of rotatable bonds is 3. The summed E-state index contributed by atoms with van der Waals surface area (Å²) < 4.78 is 2.84. The highest BCUT2D eigenvalue weighted by Crippen LogP contribution is 2.23. The summed E-state index contributed by atoms with van der Waals surface area (Å²) in [5.74, 6) is 0.920. The molecule has 1 aliphatic rings. The molecule has 3 aromatic rings. The van der Waals surface area contributed by atoms with Crippen LogP contribution in [0.4, 0.5) is 5.82 Å². The van der Waals surface area contributed by atoms with E-state index < -0.39 is 0 Å². The third kappa shape index (κ3) is 4.02. The first-order chi connectivity index (χ1) is 13.9. The van der Waals surface area contributed by atoms with Crippen LogP contribution in [0.5, 0.6) is 0 Å². The summed E-state index contributed by atoms with van der Waals surface area (Å²) in [6, 6.07) is 11.7. The van der Waals surface area contributed by atoms with E-state index in [2.05, 4.69) is 30.9 Å². The van der Waals surface area contributed by atoms with Gasteiger partial charge in [0, 0.05) is 36.8 Å². The predicted molar refractivity (Wildman–Crippen MR) is 118 cm³/mol. The number of benzene rings is 1. The lowest BCUT2D eigenvalue weighted by molar-refractivity contribution is 0.0745. The van der Waals surface area contributed by atoms with Gasteiger partial charge in [0.1, 0.15) is 5.82 Å². The number of aromatic nitrogens is 3. The molecule has 0 saturated carbocycles. The number of hydrogen-bond donors (Lipinski definition) is 0. The molecule has 2 aromatic heterocycles. The number of carbonyl (C=O) groups is 1. The Hall–Kier alpha value is -2.38. The van der Waals surface area contributed by atoms with Crippen LogP contribution in [0.3, 0.4) is 0 Å². The van der Waals surface area contributed by atoms with Crippen LogP contribution < -0.4 is 4.90 Å². The average Bonchev–Trinajstić information content (AvgIpc) is 3.03. The van der Waals surface area contributed by atoms with Crippen LogP contribution in [-0.2, 0) is 0 Å². The maximum absolute atomic E-state index is 13.2. The van der Waals surface area contributed by atoms with E-state index >= 15 is 0 Å². The van der Waals surface area contributed by atoms with Crippen LogP contribution in [0.1, 0.15) is 21.7 Å². The van der Waals surface area contributed by atoms with Gasteiger partial charge in [0.25, 0.3) is 5.91 Å². The summed E-state index contributed by atoms with van der Waals surface area (Å²) in [4.78, 5) is 21.7. The molecule has 0 N–H and O–H groups in total. The average molecular weight is 475 g/mol. The zero-order chi connectivity index (χ0) is 20.5. The molecule has 6 nitrogen and oxygen atoms in total. The lowest BCUT2D eigenvalue weighted by atomic mass is 10.1. The summed E-state index contributed by atoms with van der Waals surface area (Å²) in [7, 11) is 0. The van der Waals surface area contributed by atoms with E-state index in [-0.39, 0.29) is 5.91 Å². The van der Waals surface area contributed by atoms with Gasteiger partial charge in [0.05, 0.1) is 27.7 Å². The first-order valence-electron chi connectivity index (χ1n) is 9.42. The SMILES string of the molecule is Cc1nn(-c2ccc(Br)cc2)c(C)c1C(=O)N1CCN(c2ccc(Cl)cn2)CC1. The molecule has 0 aliphatic carbocycles. The molecule has 8 heteroatoms. The molecular formula is C21H21BrClN5O. The molecule has 1 amide bonds. The van der Waals surface area contributed by atoms with E-state index in [1.165, 1.54) is 0 Å². The van der Waals surface area contributed by atoms with Gasteiger partial charge in [-0.2, -0.15) is 5.10 Å². The molecule has 0 unspecified atom stereocenters. The second kappa shape index (κ2) is 8.16. The molecule has 0 atom stereocenters. The Morgan fingerprint density at radius 1 is 1.03 bits per heavy atom. The summed E-state index contributed by atoms with van der Waals surface area (Å²) in [5, 5.41) is 5.24. The molecule has 1 aliphatic heterocycles. The minimum atomic E-state index is 0.0343. The van der Waals surface area contributed by atoms with Gasteiger partial charge in [0.2, 0.25) is 0 Å². The molecule has 1 aromatic carbocycles. The molecule has 1 saturated heterocycles. The van der Waals surface area contributed by atoms with Gasteiger partial charge < -0.3 is 9.80 Å². The first kappa shape index (κ1) is 19.9. The van der Waals surface area contributed by atoms with Gasteiger partial charge in [-0.3, -0.25) is 4.79 Å². The standard InChI is InChI=1S/C21H21BrClN5O/c1-14-20(15(2)28(25-14)18-6-3-16(22)4-7-18)21(29)27-11-9-26(10-12-27)19-8-5-17(23)13-24-19/h3-8,13H,9-12H2,1-2H3. The molecule has 29 heavy (non-hydrogen) atoms. The zero-order valence-corrected chi connectivity index (χ0v) is 18.6. The molecule has 150 valence electrons. The van der Waals surface area contributed by atoms with Crippen molar-refractivity contribution in [2.75, 3.05) is 31.1 Å². The van der Waals surface area contributed by atoms with Gasteiger partial charge in [-0.25, -0.2) is 9.67 Å². The Kier molecular flexibility index (Phi) is 5.61. The molecule has 0 bridgehead atoms. The van der Waals surface area contributed by atoms with Gasteiger partial charge in [-0.15, -0.1) is 0 Å². The van der Waals surface area contributed by atoms with Crippen molar-refractivity contribution >= 4 is 39.3 Å². The van der Waals surface area contributed by atoms with Crippen molar-refractivity contribution < 1.29 is 4.79 Å². The first-order valence-corrected chi connectivity index (χ1v) is 10.6. The fourth-order valence-corrected chi connectivity index (χ4v) is 4.01. The van der Waals surface area contributed by atoms with E-state index in [9.17, 15) is 4.79 Å². The molecule has 1 fully saturated rings. The number of carbonyl (C=O) groups excluding carboxylic acids is 1. The van der Waals surface area contributed by atoms with Crippen LogP contribution in [0.25, 0.3) is 5.69 Å². The Morgan fingerprint density at radius 2 is 1.72 bits per heavy atom. The molecule has 0 radical (unpaired) electrons. The van der Waals surface area contributed by atoms with Gasteiger partial charge in [0.15, 0.2) is 0 Å². The van der Waals surface area contributed by atoms with Crippen molar-refractivity contribution in [3.63, 3.8) is 0 Å². The lowest BCUT2D eigenvalue weighted by Gasteiger charge is -2.35. The van der Waals surface area contributed by atoms with E-state index in [1.807, 2.05) is 59.8 Å². The third-order valence-electron chi connectivity index (χ3n) is 5.18. The van der Waals surface area contributed by atoms with Crippen molar-refractivity contribution in [1.29, 1.82) is 0 Å². The molecule has 0 spiro atoms. The van der Waals surface area contributed by atoms with Crippen LogP contribution in [-0.4, -0.2) is 51.8 Å². The van der Waals surface area contributed by atoms with Crippen LogP contribution >= 0.6 is 27.5 Å². The van der Waals surface area contributed by atoms with Crippen LogP contribution in [0.15, 0.2) is 47.1 Å². The van der Waals surface area contributed by atoms with Crippen molar-refractivity contribution in [3.05, 3.63) is 69.0 Å². The number of pyridine rings is 1. The smallest absolute Gasteiger partial charge is 0.257 e. The number of anilines is 1. The number of nitrogens with zero attached hydrogens (tertiary/aromatic N) is 5. The molecular weight excluding hydrogens is 454 g/mol. The Labute approximate surface area is 183 Å². The minimum absolute atomic E-state index is 0.0343. The zero-order valence-electron chi connectivity index (χ0n) is 16.3. The third-order valence-corrected chi connectivity index (χ3v) is 5.93. The quantitative estimate of drug-likeness (QED) is 0.569.